The molecule has 1 aromatic rings. The minimum Gasteiger partial charge on any atom is -0.357 e. The summed E-state index contributed by atoms with van der Waals surface area (Å²) in [6, 6.07) is 4.14. The molecule has 0 bridgehead atoms. The van der Waals surface area contributed by atoms with Crippen molar-refractivity contribution in [1.29, 1.82) is 0 Å². The van der Waals surface area contributed by atoms with Crippen LogP contribution in [0.2, 0.25) is 0 Å². The topological polar surface area (TPSA) is 16.1 Å². The maximum absolute atomic E-state index is 5.89. The molecule has 0 amide bonds. The summed E-state index contributed by atoms with van der Waals surface area (Å²) in [6.45, 7) is 2.33. The monoisotopic (exact) mass is 264 g/mol. The summed E-state index contributed by atoms with van der Waals surface area (Å²) in [4.78, 5) is 6.92. The molecule has 1 saturated carbocycles. The Morgan fingerprint density at radius 2 is 1.89 bits per heavy atom. The molecule has 0 N–H and O–H groups in total. The third kappa shape index (κ3) is 2.35. The van der Waals surface area contributed by atoms with Gasteiger partial charge in [0, 0.05) is 25.2 Å². The van der Waals surface area contributed by atoms with E-state index in [9.17, 15) is 0 Å². The highest BCUT2D eigenvalue weighted by molar-refractivity contribution is 6.17. The van der Waals surface area contributed by atoms with E-state index in [1.807, 2.05) is 12.3 Å². The van der Waals surface area contributed by atoms with E-state index in [0.717, 1.165) is 5.82 Å². The van der Waals surface area contributed by atoms with Crippen LogP contribution in [0.5, 0.6) is 0 Å². The van der Waals surface area contributed by atoms with Gasteiger partial charge in [0.15, 0.2) is 0 Å². The Balaban J connectivity index is 1.68. The van der Waals surface area contributed by atoms with Crippen LogP contribution in [0.25, 0.3) is 0 Å². The van der Waals surface area contributed by atoms with Crippen LogP contribution in [0.15, 0.2) is 18.3 Å². The van der Waals surface area contributed by atoms with Crippen LogP contribution in [-0.2, 0) is 5.88 Å². The molecule has 2 nitrogen and oxygen atoms in total. The Hall–Kier alpha value is -0.760. The highest BCUT2D eigenvalue weighted by Crippen LogP contribution is 2.46. The molecule has 0 unspecified atom stereocenters. The number of anilines is 1. The van der Waals surface area contributed by atoms with Gasteiger partial charge >= 0.3 is 0 Å². The van der Waals surface area contributed by atoms with Gasteiger partial charge in [-0.3, -0.25) is 0 Å². The average Bonchev–Trinajstić information content (AvgIpc) is 2.88. The summed E-state index contributed by atoms with van der Waals surface area (Å²) in [5.41, 5.74) is 1.85. The number of piperidine rings is 1. The minimum absolute atomic E-state index is 0.577. The summed E-state index contributed by atoms with van der Waals surface area (Å²) in [6.07, 6.45) is 10.4. The van der Waals surface area contributed by atoms with Gasteiger partial charge in [-0.05, 0) is 48.8 Å². The van der Waals surface area contributed by atoms with Gasteiger partial charge in [-0.1, -0.05) is 12.8 Å². The van der Waals surface area contributed by atoms with Gasteiger partial charge in [-0.25, -0.2) is 4.98 Å². The number of pyridine rings is 1. The molecule has 0 aromatic carbocycles. The Morgan fingerprint density at radius 3 is 2.56 bits per heavy atom. The number of aromatic nitrogens is 1. The van der Waals surface area contributed by atoms with E-state index in [0.29, 0.717) is 11.3 Å². The van der Waals surface area contributed by atoms with Gasteiger partial charge in [0.25, 0.3) is 0 Å². The van der Waals surface area contributed by atoms with Crippen LogP contribution in [0, 0.1) is 5.41 Å². The van der Waals surface area contributed by atoms with Gasteiger partial charge in [0.1, 0.15) is 5.82 Å². The van der Waals surface area contributed by atoms with E-state index in [2.05, 4.69) is 16.0 Å². The summed E-state index contributed by atoms with van der Waals surface area (Å²) in [7, 11) is 0. The van der Waals surface area contributed by atoms with Crippen LogP contribution in [-0.4, -0.2) is 18.1 Å². The van der Waals surface area contributed by atoms with Crippen molar-refractivity contribution < 1.29 is 0 Å². The van der Waals surface area contributed by atoms with Gasteiger partial charge in [0.05, 0.1) is 0 Å². The van der Waals surface area contributed by atoms with Gasteiger partial charge < -0.3 is 4.90 Å². The molecule has 2 aliphatic rings. The number of halogens is 1. The van der Waals surface area contributed by atoms with Crippen molar-refractivity contribution in [1.82, 2.24) is 4.98 Å². The normalized spacial score (nSPS) is 22.6. The quantitative estimate of drug-likeness (QED) is 0.751. The standard InChI is InChI=1S/C15H21ClN2/c16-12-13-3-8-17-14(11-13)18-9-6-15(7-10-18)4-1-2-5-15/h3,8,11H,1-2,4-7,9-10,12H2. The summed E-state index contributed by atoms with van der Waals surface area (Å²) in [5.74, 6) is 1.69. The lowest BCUT2D eigenvalue weighted by molar-refractivity contribution is 0.226. The molecule has 1 spiro atoms. The zero-order valence-electron chi connectivity index (χ0n) is 10.9. The third-order valence-electron chi connectivity index (χ3n) is 4.78. The van der Waals surface area contributed by atoms with Crippen molar-refractivity contribution in [2.24, 2.45) is 5.41 Å². The first-order valence-corrected chi connectivity index (χ1v) is 7.61. The zero-order chi connectivity index (χ0) is 12.4. The molecule has 3 rings (SSSR count). The number of nitrogens with zero attached hydrogens (tertiary/aromatic N) is 2. The molecule has 2 fully saturated rings. The average molecular weight is 265 g/mol. The van der Waals surface area contributed by atoms with Crippen LogP contribution in [0.3, 0.4) is 0 Å². The van der Waals surface area contributed by atoms with Crippen molar-refractivity contribution in [3.05, 3.63) is 23.9 Å². The van der Waals surface area contributed by atoms with E-state index >= 15 is 0 Å². The van der Waals surface area contributed by atoms with Crippen LogP contribution in [0.1, 0.15) is 44.1 Å². The molecule has 1 aliphatic heterocycles. The summed E-state index contributed by atoms with van der Waals surface area (Å²) >= 11 is 5.89. The Bertz CT molecular complexity index is 403. The predicted molar refractivity (Wildman–Crippen MR) is 76.1 cm³/mol. The maximum Gasteiger partial charge on any atom is 0.128 e. The first-order chi connectivity index (χ1) is 8.81. The van der Waals surface area contributed by atoms with Crippen molar-refractivity contribution in [3.63, 3.8) is 0 Å². The molecule has 1 aromatic heterocycles. The van der Waals surface area contributed by atoms with E-state index in [1.165, 1.54) is 57.2 Å². The zero-order valence-corrected chi connectivity index (χ0v) is 11.6. The van der Waals surface area contributed by atoms with Crippen molar-refractivity contribution in [2.75, 3.05) is 18.0 Å². The SMILES string of the molecule is ClCc1ccnc(N2CCC3(CCCC3)CC2)c1. The van der Waals surface area contributed by atoms with E-state index < -0.39 is 0 Å². The van der Waals surface area contributed by atoms with Crippen LogP contribution < -0.4 is 4.90 Å². The Kier molecular flexibility index (Phi) is 3.47. The lowest BCUT2D eigenvalue weighted by Gasteiger charge is -2.40. The fraction of sp³-hybridized carbons (Fsp3) is 0.667. The van der Waals surface area contributed by atoms with E-state index in [4.69, 9.17) is 11.6 Å². The van der Waals surface area contributed by atoms with Gasteiger partial charge in [-0.2, -0.15) is 0 Å². The number of hydrogen-bond acceptors (Lipinski definition) is 2. The van der Waals surface area contributed by atoms with Gasteiger partial charge in [0.2, 0.25) is 0 Å². The molecule has 0 atom stereocenters. The lowest BCUT2D eigenvalue weighted by atomic mass is 9.77. The largest absolute Gasteiger partial charge is 0.357 e. The molecule has 1 saturated heterocycles. The molecule has 18 heavy (non-hydrogen) atoms. The molecule has 2 heterocycles. The summed E-state index contributed by atoms with van der Waals surface area (Å²) in [5, 5.41) is 0. The van der Waals surface area contributed by atoms with Crippen LogP contribution >= 0.6 is 11.6 Å². The van der Waals surface area contributed by atoms with Crippen LogP contribution in [0.4, 0.5) is 5.82 Å². The third-order valence-corrected chi connectivity index (χ3v) is 5.09. The molecule has 1 aliphatic carbocycles. The van der Waals surface area contributed by atoms with Crippen molar-refractivity contribution in [3.8, 4) is 0 Å². The first-order valence-electron chi connectivity index (χ1n) is 7.07. The smallest absolute Gasteiger partial charge is 0.128 e. The second-order valence-electron chi connectivity index (χ2n) is 5.85. The van der Waals surface area contributed by atoms with Crippen molar-refractivity contribution in [2.45, 2.75) is 44.4 Å². The summed E-state index contributed by atoms with van der Waals surface area (Å²) < 4.78 is 0. The Labute approximate surface area is 114 Å². The fourth-order valence-corrected chi connectivity index (χ4v) is 3.72. The molecule has 98 valence electrons. The number of hydrogen-bond donors (Lipinski definition) is 0. The van der Waals surface area contributed by atoms with E-state index in [-0.39, 0.29) is 0 Å². The fourth-order valence-electron chi connectivity index (χ4n) is 3.55. The maximum atomic E-state index is 5.89. The second-order valence-corrected chi connectivity index (χ2v) is 6.12. The van der Waals surface area contributed by atoms with E-state index in [1.54, 1.807) is 0 Å². The molecule has 0 radical (unpaired) electrons. The number of alkyl halides is 1. The molecule has 3 heteroatoms. The first kappa shape index (κ1) is 12.3. The van der Waals surface area contributed by atoms with Gasteiger partial charge in [-0.15, -0.1) is 11.6 Å². The molecular weight excluding hydrogens is 244 g/mol. The lowest BCUT2D eigenvalue weighted by Crippen LogP contribution is -2.39. The molecular formula is C15H21ClN2. The number of rotatable bonds is 2. The second kappa shape index (κ2) is 5.08. The Morgan fingerprint density at radius 1 is 1.17 bits per heavy atom. The highest BCUT2D eigenvalue weighted by Gasteiger charge is 2.37. The highest BCUT2D eigenvalue weighted by atomic mass is 35.5. The predicted octanol–water partition coefficient (Wildman–Crippen LogP) is 3.98. The van der Waals surface area contributed by atoms with Crippen molar-refractivity contribution >= 4 is 17.4 Å². The minimum atomic E-state index is 0.577.